The third kappa shape index (κ3) is 4.78. The Balaban J connectivity index is 3.33. The number of esters is 2. The Kier molecular flexibility index (Phi) is 5.85. The molecule has 0 saturated carbocycles. The van der Waals surface area contributed by atoms with E-state index in [1.807, 2.05) is 0 Å². The van der Waals surface area contributed by atoms with Crippen molar-refractivity contribution in [1.29, 1.82) is 0 Å². The lowest BCUT2D eigenvalue weighted by atomic mass is 10.1. The summed E-state index contributed by atoms with van der Waals surface area (Å²) in [7, 11) is 2.03. The van der Waals surface area contributed by atoms with Gasteiger partial charge < -0.3 is 19.9 Å². The van der Waals surface area contributed by atoms with Crippen LogP contribution in [0.15, 0.2) is 23.9 Å². The Bertz CT molecular complexity index is 658. The number of hydrogen-bond donors (Lipinski definition) is 2. The molecule has 0 amide bonds. The van der Waals surface area contributed by atoms with Gasteiger partial charge in [0.05, 0.1) is 36.6 Å². The standard InChI is InChI=1S/C13H11ClF3NO5/c1-22-10(19)5-9(12(21)23-2)18-8-4-6(13(15,16)17)3-7(14)11(8)20/h3-5,18,20H,1-2H3/b9-5+. The van der Waals surface area contributed by atoms with Crippen LogP contribution in [0.1, 0.15) is 5.56 Å². The van der Waals surface area contributed by atoms with E-state index in [9.17, 15) is 27.9 Å². The number of hydrogen-bond acceptors (Lipinski definition) is 6. The maximum atomic E-state index is 12.8. The van der Waals surface area contributed by atoms with Gasteiger partial charge in [-0.05, 0) is 12.1 Å². The summed E-state index contributed by atoms with van der Waals surface area (Å²) >= 11 is 5.54. The zero-order chi connectivity index (χ0) is 17.8. The second-order valence-corrected chi connectivity index (χ2v) is 4.46. The number of carbonyl (C=O) groups is 2. The van der Waals surface area contributed by atoms with Crippen molar-refractivity contribution in [1.82, 2.24) is 0 Å². The first-order valence-electron chi connectivity index (χ1n) is 5.84. The van der Waals surface area contributed by atoms with Crippen molar-refractivity contribution in [2.75, 3.05) is 19.5 Å². The molecule has 0 atom stereocenters. The van der Waals surface area contributed by atoms with E-state index >= 15 is 0 Å². The van der Waals surface area contributed by atoms with Crippen molar-refractivity contribution in [3.05, 3.63) is 34.5 Å². The van der Waals surface area contributed by atoms with Gasteiger partial charge >= 0.3 is 18.1 Å². The molecule has 0 aliphatic carbocycles. The largest absolute Gasteiger partial charge is 0.504 e. The second-order valence-electron chi connectivity index (χ2n) is 4.05. The van der Waals surface area contributed by atoms with Crippen LogP contribution in [0.2, 0.25) is 5.02 Å². The summed E-state index contributed by atoms with van der Waals surface area (Å²) in [6.07, 6.45) is -4.08. The van der Waals surface area contributed by atoms with Crippen LogP contribution in [0.4, 0.5) is 18.9 Å². The SMILES string of the molecule is COC(=O)/C=C(/Nc1cc(C(F)(F)F)cc(Cl)c1O)C(=O)OC. The molecule has 1 rings (SSSR count). The average molecular weight is 354 g/mol. The highest BCUT2D eigenvalue weighted by Crippen LogP contribution is 2.39. The van der Waals surface area contributed by atoms with Crippen molar-refractivity contribution in [2.24, 2.45) is 0 Å². The van der Waals surface area contributed by atoms with Gasteiger partial charge in [0, 0.05) is 0 Å². The normalized spacial score (nSPS) is 11.8. The summed E-state index contributed by atoms with van der Waals surface area (Å²) in [4.78, 5) is 22.7. The summed E-state index contributed by atoms with van der Waals surface area (Å²) in [5.41, 5.74) is -2.25. The Morgan fingerprint density at radius 1 is 1.26 bits per heavy atom. The molecule has 0 aliphatic heterocycles. The Hall–Kier alpha value is -2.42. The quantitative estimate of drug-likeness (QED) is 0.492. The number of methoxy groups -OCH3 is 2. The van der Waals surface area contributed by atoms with Gasteiger partial charge in [0.15, 0.2) is 5.75 Å². The summed E-state index contributed by atoms with van der Waals surface area (Å²) in [6.45, 7) is 0. The molecule has 2 N–H and O–H groups in total. The highest BCUT2D eigenvalue weighted by atomic mass is 35.5. The number of halogens is 4. The number of anilines is 1. The molecule has 0 fully saturated rings. The van der Waals surface area contributed by atoms with E-state index in [-0.39, 0.29) is 0 Å². The van der Waals surface area contributed by atoms with Gasteiger partial charge in [-0.3, -0.25) is 0 Å². The van der Waals surface area contributed by atoms with Gasteiger partial charge in [-0.15, -0.1) is 0 Å². The van der Waals surface area contributed by atoms with Crippen LogP contribution in [-0.4, -0.2) is 31.3 Å². The van der Waals surface area contributed by atoms with E-state index in [1.165, 1.54) is 0 Å². The molecule has 6 nitrogen and oxygen atoms in total. The molecule has 0 aliphatic rings. The van der Waals surface area contributed by atoms with E-state index in [0.717, 1.165) is 14.2 Å². The molecule has 0 saturated heterocycles. The Morgan fingerprint density at radius 2 is 1.87 bits per heavy atom. The number of aromatic hydroxyl groups is 1. The molecular weight excluding hydrogens is 343 g/mol. The van der Waals surface area contributed by atoms with Gasteiger partial charge in [0.1, 0.15) is 5.70 Å². The van der Waals surface area contributed by atoms with Gasteiger partial charge in [-0.2, -0.15) is 13.2 Å². The van der Waals surface area contributed by atoms with Crippen LogP contribution in [-0.2, 0) is 25.2 Å². The number of alkyl halides is 3. The molecule has 1 aromatic carbocycles. The molecule has 0 aromatic heterocycles. The van der Waals surface area contributed by atoms with Crippen LogP contribution in [0, 0.1) is 0 Å². The smallest absolute Gasteiger partial charge is 0.416 e. The minimum absolute atomic E-state index is 0.518. The topological polar surface area (TPSA) is 84.9 Å². The number of nitrogens with one attached hydrogen (secondary N) is 1. The predicted molar refractivity (Wildman–Crippen MR) is 73.9 cm³/mol. The lowest BCUT2D eigenvalue weighted by molar-refractivity contribution is -0.138. The fourth-order valence-electron chi connectivity index (χ4n) is 1.44. The second kappa shape index (κ2) is 7.23. The number of rotatable bonds is 4. The molecule has 0 heterocycles. The third-order valence-electron chi connectivity index (χ3n) is 2.53. The number of phenolic OH excluding ortho intramolecular Hbond substituents is 1. The highest BCUT2D eigenvalue weighted by Gasteiger charge is 2.32. The van der Waals surface area contributed by atoms with Crippen LogP contribution < -0.4 is 5.32 Å². The van der Waals surface area contributed by atoms with Crippen molar-refractivity contribution in [3.63, 3.8) is 0 Å². The van der Waals surface area contributed by atoms with E-state index < -0.39 is 45.8 Å². The van der Waals surface area contributed by atoms with Crippen molar-refractivity contribution >= 4 is 29.2 Å². The summed E-state index contributed by atoms with van der Waals surface area (Å²) in [5.74, 6) is -2.77. The van der Waals surface area contributed by atoms with Crippen LogP contribution in [0.25, 0.3) is 0 Å². The zero-order valence-corrected chi connectivity index (χ0v) is 12.6. The summed E-state index contributed by atoms with van der Waals surface area (Å²) in [6, 6.07) is 1.04. The van der Waals surface area contributed by atoms with Crippen LogP contribution in [0.3, 0.4) is 0 Å². The van der Waals surface area contributed by atoms with Crippen LogP contribution in [0.5, 0.6) is 5.75 Å². The number of phenols is 1. The molecule has 0 radical (unpaired) electrons. The van der Waals surface area contributed by atoms with Gasteiger partial charge in [-0.25, -0.2) is 9.59 Å². The number of benzene rings is 1. The molecule has 0 bridgehead atoms. The Morgan fingerprint density at radius 3 is 2.35 bits per heavy atom. The molecular formula is C13H11ClF3NO5. The van der Waals surface area contributed by atoms with E-state index in [2.05, 4.69) is 14.8 Å². The lowest BCUT2D eigenvalue weighted by Crippen LogP contribution is -2.16. The van der Waals surface area contributed by atoms with E-state index in [0.29, 0.717) is 18.2 Å². The van der Waals surface area contributed by atoms with Gasteiger partial charge in [0.25, 0.3) is 0 Å². The fourth-order valence-corrected chi connectivity index (χ4v) is 1.66. The van der Waals surface area contributed by atoms with Crippen molar-refractivity contribution < 1.29 is 37.3 Å². The first-order valence-corrected chi connectivity index (χ1v) is 6.22. The van der Waals surface area contributed by atoms with E-state index in [4.69, 9.17) is 11.6 Å². The average Bonchev–Trinajstić information content (AvgIpc) is 2.48. The van der Waals surface area contributed by atoms with Crippen LogP contribution >= 0.6 is 11.6 Å². The summed E-state index contributed by atoms with van der Waals surface area (Å²) < 4.78 is 47.0. The monoisotopic (exact) mass is 353 g/mol. The maximum Gasteiger partial charge on any atom is 0.416 e. The molecule has 0 unspecified atom stereocenters. The number of carbonyl (C=O) groups excluding carboxylic acids is 2. The minimum atomic E-state index is -4.73. The first kappa shape index (κ1) is 18.6. The van der Waals surface area contributed by atoms with Crippen molar-refractivity contribution in [2.45, 2.75) is 6.18 Å². The first-order chi connectivity index (χ1) is 10.6. The number of ether oxygens (including phenoxy) is 2. The molecule has 1 aromatic rings. The lowest BCUT2D eigenvalue weighted by Gasteiger charge is -2.14. The third-order valence-corrected chi connectivity index (χ3v) is 2.82. The molecule has 0 spiro atoms. The van der Waals surface area contributed by atoms with Gasteiger partial charge in [0.2, 0.25) is 0 Å². The molecule has 10 heteroatoms. The fraction of sp³-hybridized carbons (Fsp3) is 0.231. The van der Waals surface area contributed by atoms with Crippen molar-refractivity contribution in [3.8, 4) is 5.75 Å². The van der Waals surface area contributed by atoms with E-state index in [1.54, 1.807) is 0 Å². The molecule has 126 valence electrons. The molecule has 23 heavy (non-hydrogen) atoms. The minimum Gasteiger partial charge on any atom is -0.504 e. The zero-order valence-electron chi connectivity index (χ0n) is 11.8. The van der Waals surface area contributed by atoms with Gasteiger partial charge in [-0.1, -0.05) is 11.6 Å². The predicted octanol–water partition coefficient (Wildman–Crippen LogP) is 2.71. The summed E-state index contributed by atoms with van der Waals surface area (Å²) in [5, 5.41) is 11.3. The maximum absolute atomic E-state index is 12.8. The highest BCUT2D eigenvalue weighted by molar-refractivity contribution is 6.32. The Labute approximate surface area is 133 Å².